The molecule has 1 fully saturated rings. The lowest BCUT2D eigenvalue weighted by atomic mass is 10.2. The third kappa shape index (κ3) is 3.86. The van der Waals surface area contributed by atoms with Crippen LogP contribution in [-0.4, -0.2) is 55.4 Å². The maximum Gasteiger partial charge on any atom is 0.167 e. The van der Waals surface area contributed by atoms with Gasteiger partial charge in [0.25, 0.3) is 0 Å². The Labute approximate surface area is 111 Å². The molecule has 1 atom stereocenters. The topological polar surface area (TPSA) is 44.7 Å². The highest BCUT2D eigenvalue weighted by Crippen LogP contribution is 2.18. The minimum atomic E-state index is -0.725. The summed E-state index contributed by atoms with van der Waals surface area (Å²) in [6.07, 6.45) is 0. The first kappa shape index (κ1) is 14.2. The molecule has 106 valence electrons. The molecule has 0 amide bonds. The van der Waals surface area contributed by atoms with Crippen molar-refractivity contribution in [3.8, 4) is 5.75 Å². The second-order valence-electron chi connectivity index (χ2n) is 4.51. The second-order valence-corrected chi connectivity index (χ2v) is 4.51. The molecule has 19 heavy (non-hydrogen) atoms. The largest absolute Gasteiger partial charge is 0.489 e. The van der Waals surface area contributed by atoms with Gasteiger partial charge in [0.05, 0.1) is 12.6 Å². The van der Waals surface area contributed by atoms with Gasteiger partial charge in [-0.05, 0) is 12.1 Å². The highest BCUT2D eigenvalue weighted by Gasteiger charge is 2.20. The van der Waals surface area contributed by atoms with Crippen LogP contribution in [0.3, 0.4) is 0 Å². The van der Waals surface area contributed by atoms with Gasteiger partial charge in [-0.3, -0.25) is 4.90 Å². The number of halogens is 2. The standard InChI is InChI=1S/C13H18F2N2O2/c14-10-1-2-13(12(15)7-10)19-9-11(8-18)17-5-3-16-4-6-17/h1-2,7,11,16,18H,3-6,8-9H2. The van der Waals surface area contributed by atoms with Crippen molar-refractivity contribution < 1.29 is 18.6 Å². The lowest BCUT2D eigenvalue weighted by molar-refractivity contribution is 0.0721. The van der Waals surface area contributed by atoms with Crippen molar-refractivity contribution in [1.29, 1.82) is 0 Å². The fourth-order valence-corrected chi connectivity index (χ4v) is 2.10. The molecule has 1 heterocycles. The van der Waals surface area contributed by atoms with Crippen LogP contribution in [0, 0.1) is 11.6 Å². The van der Waals surface area contributed by atoms with Crippen molar-refractivity contribution >= 4 is 0 Å². The van der Waals surface area contributed by atoms with Crippen molar-refractivity contribution in [2.24, 2.45) is 0 Å². The average molecular weight is 272 g/mol. The highest BCUT2D eigenvalue weighted by molar-refractivity contribution is 5.24. The van der Waals surface area contributed by atoms with Gasteiger partial charge in [0, 0.05) is 32.2 Å². The molecule has 0 aliphatic carbocycles. The van der Waals surface area contributed by atoms with Gasteiger partial charge < -0.3 is 15.2 Å². The first-order chi connectivity index (χ1) is 9.20. The zero-order valence-corrected chi connectivity index (χ0v) is 10.6. The summed E-state index contributed by atoms with van der Waals surface area (Å²) in [4.78, 5) is 2.10. The summed E-state index contributed by atoms with van der Waals surface area (Å²) in [5.74, 6) is -1.35. The van der Waals surface area contributed by atoms with E-state index in [0.29, 0.717) is 0 Å². The number of aliphatic hydroxyl groups is 1. The third-order valence-corrected chi connectivity index (χ3v) is 3.20. The van der Waals surface area contributed by atoms with Crippen molar-refractivity contribution in [3.05, 3.63) is 29.8 Å². The molecule has 0 spiro atoms. The Balaban J connectivity index is 1.91. The van der Waals surface area contributed by atoms with Crippen molar-refractivity contribution in [3.63, 3.8) is 0 Å². The van der Waals surface area contributed by atoms with E-state index in [9.17, 15) is 13.9 Å². The van der Waals surface area contributed by atoms with Gasteiger partial charge in [-0.25, -0.2) is 8.78 Å². The van der Waals surface area contributed by atoms with Crippen molar-refractivity contribution in [2.75, 3.05) is 39.4 Å². The van der Waals surface area contributed by atoms with E-state index in [0.717, 1.165) is 38.3 Å². The molecule has 0 aromatic heterocycles. The van der Waals surface area contributed by atoms with Gasteiger partial charge in [0.15, 0.2) is 11.6 Å². The van der Waals surface area contributed by atoms with Gasteiger partial charge in [-0.2, -0.15) is 0 Å². The zero-order chi connectivity index (χ0) is 13.7. The highest BCUT2D eigenvalue weighted by atomic mass is 19.1. The van der Waals surface area contributed by atoms with Gasteiger partial charge in [0.1, 0.15) is 12.4 Å². The zero-order valence-electron chi connectivity index (χ0n) is 10.6. The number of ether oxygens (including phenoxy) is 1. The maximum atomic E-state index is 13.4. The molecular formula is C13H18F2N2O2. The summed E-state index contributed by atoms with van der Waals surface area (Å²) in [5, 5.41) is 12.6. The number of benzene rings is 1. The summed E-state index contributed by atoms with van der Waals surface area (Å²) >= 11 is 0. The molecule has 1 aliphatic rings. The van der Waals surface area contributed by atoms with Crippen LogP contribution in [0.15, 0.2) is 18.2 Å². The van der Waals surface area contributed by atoms with Gasteiger partial charge in [-0.15, -0.1) is 0 Å². The lowest BCUT2D eigenvalue weighted by Gasteiger charge is -2.33. The fourth-order valence-electron chi connectivity index (χ4n) is 2.10. The van der Waals surface area contributed by atoms with Crippen LogP contribution in [0.5, 0.6) is 5.75 Å². The molecule has 1 saturated heterocycles. The molecule has 4 nitrogen and oxygen atoms in total. The van der Waals surface area contributed by atoms with Gasteiger partial charge in [0.2, 0.25) is 0 Å². The normalized spacial score (nSPS) is 18.3. The predicted molar refractivity (Wildman–Crippen MR) is 67.2 cm³/mol. The van der Waals surface area contributed by atoms with Gasteiger partial charge in [-0.1, -0.05) is 0 Å². The molecular weight excluding hydrogens is 254 g/mol. The number of nitrogens with one attached hydrogen (secondary N) is 1. The Morgan fingerprint density at radius 3 is 2.68 bits per heavy atom. The summed E-state index contributed by atoms with van der Waals surface area (Å²) in [7, 11) is 0. The Morgan fingerprint density at radius 1 is 1.32 bits per heavy atom. The Morgan fingerprint density at radius 2 is 2.05 bits per heavy atom. The molecule has 2 N–H and O–H groups in total. The smallest absolute Gasteiger partial charge is 0.167 e. The molecule has 2 rings (SSSR count). The quantitative estimate of drug-likeness (QED) is 0.824. The monoisotopic (exact) mass is 272 g/mol. The van der Waals surface area contributed by atoms with Crippen molar-refractivity contribution in [1.82, 2.24) is 10.2 Å². The molecule has 1 aromatic rings. The minimum absolute atomic E-state index is 0.00924. The van der Waals surface area contributed by atoms with Crippen LogP contribution in [0.4, 0.5) is 8.78 Å². The molecule has 0 bridgehead atoms. The molecule has 1 aliphatic heterocycles. The first-order valence-corrected chi connectivity index (χ1v) is 6.34. The van der Waals surface area contributed by atoms with E-state index in [1.807, 2.05) is 0 Å². The van der Waals surface area contributed by atoms with Crippen LogP contribution in [0.2, 0.25) is 0 Å². The van der Waals surface area contributed by atoms with E-state index in [1.54, 1.807) is 0 Å². The van der Waals surface area contributed by atoms with E-state index >= 15 is 0 Å². The maximum absolute atomic E-state index is 13.4. The number of hydrogen-bond donors (Lipinski definition) is 2. The van der Waals surface area contributed by atoms with Crippen molar-refractivity contribution in [2.45, 2.75) is 6.04 Å². The predicted octanol–water partition coefficient (Wildman–Crippen LogP) is 0.610. The Hall–Kier alpha value is -1.24. The Kier molecular flexibility index (Phi) is 5.07. The fraction of sp³-hybridized carbons (Fsp3) is 0.538. The third-order valence-electron chi connectivity index (χ3n) is 3.20. The number of piperazine rings is 1. The van der Waals surface area contributed by atoms with Crippen LogP contribution in [0.25, 0.3) is 0 Å². The summed E-state index contributed by atoms with van der Waals surface area (Å²) in [6.45, 7) is 3.49. The number of nitrogens with zero attached hydrogens (tertiary/aromatic N) is 1. The average Bonchev–Trinajstić information content (AvgIpc) is 2.43. The van der Waals surface area contributed by atoms with Crippen LogP contribution >= 0.6 is 0 Å². The summed E-state index contributed by atoms with van der Waals surface area (Å²) in [5.41, 5.74) is 0. The second kappa shape index (κ2) is 6.79. The van der Waals surface area contributed by atoms with Crippen LogP contribution in [0.1, 0.15) is 0 Å². The molecule has 0 saturated carbocycles. The lowest BCUT2D eigenvalue weighted by Crippen LogP contribution is -2.51. The molecule has 6 heteroatoms. The SMILES string of the molecule is OCC(COc1ccc(F)cc1F)N1CCNCC1. The number of aliphatic hydroxyl groups excluding tert-OH is 1. The van der Waals surface area contributed by atoms with Gasteiger partial charge >= 0.3 is 0 Å². The molecule has 0 radical (unpaired) electrons. The number of hydrogen-bond acceptors (Lipinski definition) is 4. The van der Waals surface area contributed by atoms with E-state index in [1.165, 1.54) is 6.07 Å². The van der Waals surface area contributed by atoms with Crippen LogP contribution < -0.4 is 10.1 Å². The Bertz CT molecular complexity index is 412. The minimum Gasteiger partial charge on any atom is -0.489 e. The van der Waals surface area contributed by atoms with E-state index in [2.05, 4.69) is 10.2 Å². The van der Waals surface area contributed by atoms with Crippen LogP contribution in [-0.2, 0) is 0 Å². The van der Waals surface area contributed by atoms with E-state index in [4.69, 9.17) is 4.74 Å². The summed E-state index contributed by atoms with van der Waals surface area (Å²) < 4.78 is 31.5. The summed E-state index contributed by atoms with van der Waals surface area (Å²) in [6, 6.07) is 3.02. The molecule has 1 aromatic carbocycles. The van der Waals surface area contributed by atoms with E-state index in [-0.39, 0.29) is 25.0 Å². The number of rotatable bonds is 5. The molecule has 1 unspecified atom stereocenters. The first-order valence-electron chi connectivity index (χ1n) is 6.34. The van der Waals surface area contributed by atoms with E-state index < -0.39 is 11.6 Å².